The summed E-state index contributed by atoms with van der Waals surface area (Å²) in [5, 5.41) is 15.1. The number of H-pyrrole nitrogens is 1. The molecule has 3 heterocycles. The number of halogens is 2. The van der Waals surface area contributed by atoms with E-state index in [0.29, 0.717) is 22.0 Å². The molecule has 2 N–H and O–H groups in total. The molecule has 0 saturated heterocycles. The molecule has 0 bridgehead atoms. The van der Waals surface area contributed by atoms with Crippen molar-refractivity contribution in [2.24, 2.45) is 0 Å². The number of hydrogen-bond donors (Lipinski definition) is 2. The molecule has 0 fully saturated rings. The Labute approximate surface area is 188 Å². The van der Waals surface area contributed by atoms with Crippen LogP contribution in [0.2, 0.25) is 0 Å². The van der Waals surface area contributed by atoms with Gasteiger partial charge in [-0.05, 0) is 42.3 Å². The van der Waals surface area contributed by atoms with E-state index in [4.69, 9.17) is 12.2 Å². The zero-order chi connectivity index (χ0) is 22.2. The van der Waals surface area contributed by atoms with Crippen LogP contribution in [0.15, 0.2) is 60.8 Å². The summed E-state index contributed by atoms with van der Waals surface area (Å²) in [4.78, 5) is 0. The molecular formula is C23H22F2N6S. The largest absolute Gasteiger partial charge is 0.363 e. The summed E-state index contributed by atoms with van der Waals surface area (Å²) in [7, 11) is 0. The Hall–Kier alpha value is -3.33. The van der Waals surface area contributed by atoms with Crippen molar-refractivity contribution < 1.29 is 8.78 Å². The minimum atomic E-state index is -2.54. The first-order valence-electron chi connectivity index (χ1n) is 10.5. The molecule has 4 aromatic rings. The Morgan fingerprint density at radius 1 is 1.12 bits per heavy atom. The molecule has 6 nitrogen and oxygen atoms in total. The second-order valence-corrected chi connectivity index (χ2v) is 8.15. The molecular weight excluding hydrogens is 430 g/mol. The summed E-state index contributed by atoms with van der Waals surface area (Å²) in [6.07, 6.45) is 0.0928. The van der Waals surface area contributed by atoms with E-state index in [2.05, 4.69) is 27.5 Å². The maximum absolute atomic E-state index is 14.0. The van der Waals surface area contributed by atoms with Gasteiger partial charge >= 0.3 is 0 Å². The fourth-order valence-electron chi connectivity index (χ4n) is 4.33. The highest BCUT2D eigenvalue weighted by molar-refractivity contribution is 7.71. The van der Waals surface area contributed by atoms with E-state index in [1.165, 1.54) is 4.68 Å². The van der Waals surface area contributed by atoms with Crippen LogP contribution >= 0.6 is 12.2 Å². The number of nitrogens with one attached hydrogen (secondary N) is 2. The Kier molecular flexibility index (Phi) is 5.34. The highest BCUT2D eigenvalue weighted by Crippen LogP contribution is 2.42. The van der Waals surface area contributed by atoms with E-state index >= 15 is 0 Å². The van der Waals surface area contributed by atoms with Crippen LogP contribution in [0, 0.1) is 4.77 Å². The number of aromatic amines is 1. The van der Waals surface area contributed by atoms with E-state index in [1.807, 2.05) is 59.2 Å². The molecule has 5 rings (SSSR count). The second-order valence-electron chi connectivity index (χ2n) is 7.77. The third-order valence-electron chi connectivity index (χ3n) is 5.92. The van der Waals surface area contributed by atoms with Gasteiger partial charge in [0.2, 0.25) is 0 Å². The third kappa shape index (κ3) is 3.42. The number of aryl methyl sites for hydroxylation is 1. The molecule has 0 amide bonds. The van der Waals surface area contributed by atoms with E-state index in [0.717, 1.165) is 23.2 Å². The number of benzene rings is 2. The molecule has 0 radical (unpaired) electrons. The molecule has 9 heteroatoms. The smallest absolute Gasteiger partial charge is 0.260 e. The molecule has 1 aliphatic rings. The van der Waals surface area contributed by atoms with Gasteiger partial charge in [-0.25, -0.2) is 13.5 Å². The van der Waals surface area contributed by atoms with Gasteiger partial charge in [0.15, 0.2) is 10.6 Å². The monoisotopic (exact) mass is 452 g/mol. The Morgan fingerprint density at radius 3 is 2.62 bits per heavy atom. The molecule has 0 unspecified atom stereocenters. The Bertz CT molecular complexity index is 1290. The summed E-state index contributed by atoms with van der Waals surface area (Å²) in [6, 6.07) is 16.3. The summed E-state index contributed by atoms with van der Waals surface area (Å²) in [5.74, 6) is 1.05. The number of anilines is 1. The quantitative estimate of drug-likeness (QED) is 0.380. The Balaban J connectivity index is 1.65. The number of fused-ring (bicyclic) bond motifs is 1. The zero-order valence-corrected chi connectivity index (χ0v) is 18.2. The van der Waals surface area contributed by atoms with Gasteiger partial charge in [0.25, 0.3) is 6.43 Å². The van der Waals surface area contributed by atoms with Crippen LogP contribution < -0.4 is 5.32 Å². The SMILES string of the molecule is CCc1ccccc1-n1c(-c2cnn3c2N[C@@H](c2ccccc2)C[C@@H]3C(F)F)n[nH]c1=S. The number of para-hydroxylation sites is 1. The van der Waals surface area contributed by atoms with Crippen molar-refractivity contribution >= 4 is 18.0 Å². The highest BCUT2D eigenvalue weighted by atomic mass is 32.1. The van der Waals surface area contributed by atoms with Crippen LogP contribution in [0.5, 0.6) is 0 Å². The average Bonchev–Trinajstić information content (AvgIpc) is 3.41. The highest BCUT2D eigenvalue weighted by Gasteiger charge is 2.36. The number of alkyl halides is 2. The fourth-order valence-corrected chi connectivity index (χ4v) is 4.56. The van der Waals surface area contributed by atoms with Crippen molar-refractivity contribution in [3.05, 3.63) is 76.7 Å². The van der Waals surface area contributed by atoms with Gasteiger partial charge in [0.05, 0.1) is 23.5 Å². The molecule has 2 aromatic carbocycles. The molecule has 0 spiro atoms. The van der Waals surface area contributed by atoms with Crippen LogP contribution in [0.4, 0.5) is 14.6 Å². The van der Waals surface area contributed by atoms with Crippen LogP contribution in [0.25, 0.3) is 17.1 Å². The minimum Gasteiger partial charge on any atom is -0.363 e. The summed E-state index contributed by atoms with van der Waals surface area (Å²) in [5.41, 5.74) is 3.58. The normalized spacial score (nSPS) is 17.9. The Morgan fingerprint density at radius 2 is 1.88 bits per heavy atom. The van der Waals surface area contributed by atoms with E-state index in [-0.39, 0.29) is 12.5 Å². The van der Waals surface area contributed by atoms with Crippen LogP contribution in [-0.2, 0) is 6.42 Å². The minimum absolute atomic E-state index is 0.237. The molecule has 32 heavy (non-hydrogen) atoms. The summed E-state index contributed by atoms with van der Waals surface area (Å²) in [6.45, 7) is 2.07. The van der Waals surface area contributed by atoms with Crippen LogP contribution in [0.1, 0.15) is 36.6 Å². The van der Waals surface area contributed by atoms with Crippen molar-refractivity contribution in [3.63, 3.8) is 0 Å². The number of aromatic nitrogens is 5. The first-order valence-corrected chi connectivity index (χ1v) is 10.9. The fraction of sp³-hybridized carbons (Fsp3) is 0.261. The van der Waals surface area contributed by atoms with Gasteiger partial charge in [-0.3, -0.25) is 9.67 Å². The van der Waals surface area contributed by atoms with Crippen molar-refractivity contribution in [1.29, 1.82) is 0 Å². The maximum Gasteiger partial charge on any atom is 0.260 e. The van der Waals surface area contributed by atoms with Crippen molar-refractivity contribution in [3.8, 4) is 17.1 Å². The van der Waals surface area contributed by atoms with E-state index in [9.17, 15) is 8.78 Å². The zero-order valence-electron chi connectivity index (χ0n) is 17.4. The summed E-state index contributed by atoms with van der Waals surface area (Å²) < 4.78 is 31.7. The standard InChI is InChI=1S/C23H22F2N6S/c1-2-14-8-6-7-11-18(14)30-22(28-29-23(30)32)16-13-26-31-19(20(24)25)12-17(27-21(16)31)15-9-4-3-5-10-15/h3-11,13,17,19-20,27H,2,12H2,1H3,(H,29,32)/t17-,19-/m1/s1. The summed E-state index contributed by atoms with van der Waals surface area (Å²) >= 11 is 5.53. The molecule has 2 aromatic heterocycles. The molecule has 0 saturated carbocycles. The average molecular weight is 453 g/mol. The molecule has 164 valence electrons. The third-order valence-corrected chi connectivity index (χ3v) is 6.19. The molecule has 2 atom stereocenters. The van der Waals surface area contributed by atoms with Gasteiger partial charge in [-0.15, -0.1) is 0 Å². The van der Waals surface area contributed by atoms with Gasteiger partial charge in [-0.2, -0.15) is 10.2 Å². The van der Waals surface area contributed by atoms with Crippen molar-refractivity contribution in [2.45, 2.75) is 38.3 Å². The number of nitrogens with zero attached hydrogens (tertiary/aromatic N) is 4. The predicted molar refractivity (Wildman–Crippen MR) is 122 cm³/mol. The van der Waals surface area contributed by atoms with E-state index in [1.54, 1.807) is 6.20 Å². The van der Waals surface area contributed by atoms with Crippen LogP contribution in [-0.4, -0.2) is 31.0 Å². The van der Waals surface area contributed by atoms with Gasteiger partial charge < -0.3 is 5.32 Å². The van der Waals surface area contributed by atoms with Crippen LogP contribution in [0.3, 0.4) is 0 Å². The molecule has 1 aliphatic heterocycles. The topological polar surface area (TPSA) is 63.5 Å². The lowest BCUT2D eigenvalue weighted by molar-refractivity contribution is 0.0659. The van der Waals surface area contributed by atoms with Gasteiger partial charge in [0, 0.05) is 0 Å². The lowest BCUT2D eigenvalue weighted by Gasteiger charge is -2.32. The predicted octanol–water partition coefficient (Wildman–Crippen LogP) is 5.72. The number of hydrogen-bond acceptors (Lipinski definition) is 4. The first-order chi connectivity index (χ1) is 15.6. The van der Waals surface area contributed by atoms with Gasteiger partial charge in [-0.1, -0.05) is 55.5 Å². The van der Waals surface area contributed by atoms with Gasteiger partial charge in [0.1, 0.15) is 11.9 Å². The first kappa shape index (κ1) is 20.6. The van der Waals surface area contributed by atoms with Crippen molar-refractivity contribution in [2.75, 3.05) is 5.32 Å². The second kappa shape index (κ2) is 8.31. The molecule has 0 aliphatic carbocycles. The van der Waals surface area contributed by atoms with Crippen molar-refractivity contribution in [1.82, 2.24) is 24.5 Å². The number of rotatable bonds is 5. The lowest BCUT2D eigenvalue weighted by atomic mass is 9.97. The lowest BCUT2D eigenvalue weighted by Crippen LogP contribution is -2.31. The maximum atomic E-state index is 14.0. The van der Waals surface area contributed by atoms with E-state index < -0.39 is 12.5 Å².